The molecular weight excluding hydrogens is 434 g/mol. The quantitative estimate of drug-likeness (QED) is 0.368. The highest BCUT2D eigenvalue weighted by molar-refractivity contribution is 7.12. The molecule has 2 N–H and O–H groups in total. The van der Waals surface area contributed by atoms with Crippen LogP contribution in [0, 0.1) is 0 Å². The van der Waals surface area contributed by atoms with Gasteiger partial charge in [0.15, 0.2) is 0 Å². The molecule has 0 saturated heterocycles. The van der Waals surface area contributed by atoms with E-state index in [1.54, 1.807) is 42.7 Å². The van der Waals surface area contributed by atoms with Crippen LogP contribution in [0.5, 0.6) is 5.75 Å². The zero-order valence-corrected chi connectivity index (χ0v) is 18.8. The lowest BCUT2D eigenvalue weighted by molar-refractivity contribution is 0.0941. The van der Waals surface area contributed by atoms with Crippen LogP contribution in [0.1, 0.15) is 44.1 Å². The number of anilines is 1. The molecule has 2 aromatic carbocycles. The average Bonchev–Trinajstić information content (AvgIpc) is 3.39. The molecule has 1 unspecified atom stereocenters. The smallest absolute Gasteiger partial charge is 0.265 e. The summed E-state index contributed by atoms with van der Waals surface area (Å²) in [6, 6.07) is 21.7. The molecule has 0 saturated carbocycles. The standard InChI is InChI=1S/C26H23N3O3S/c1-18(20-10-12-21(13-11-20)32-17-19-6-4-14-27-16-19)28-25(30)22-7-2-3-8-23(22)29-26(31)24-9-5-15-33-24/h2-16,18H,17H2,1H3,(H,28,30)(H,29,31). The summed E-state index contributed by atoms with van der Waals surface area (Å²) in [6.07, 6.45) is 3.50. The number of thiophene rings is 1. The zero-order chi connectivity index (χ0) is 23.0. The van der Waals surface area contributed by atoms with E-state index in [9.17, 15) is 9.59 Å². The van der Waals surface area contributed by atoms with E-state index in [4.69, 9.17) is 4.74 Å². The minimum Gasteiger partial charge on any atom is -0.489 e. The van der Waals surface area contributed by atoms with Crippen molar-refractivity contribution in [1.82, 2.24) is 10.3 Å². The third-order valence-electron chi connectivity index (χ3n) is 5.02. The second-order valence-electron chi connectivity index (χ2n) is 7.39. The van der Waals surface area contributed by atoms with Gasteiger partial charge in [0.25, 0.3) is 11.8 Å². The van der Waals surface area contributed by atoms with Gasteiger partial charge in [-0.3, -0.25) is 14.6 Å². The molecule has 0 bridgehead atoms. The Kier molecular flexibility index (Phi) is 7.12. The number of hydrogen-bond donors (Lipinski definition) is 2. The predicted molar refractivity (Wildman–Crippen MR) is 130 cm³/mol. The fourth-order valence-corrected chi connectivity index (χ4v) is 3.86. The summed E-state index contributed by atoms with van der Waals surface area (Å²) in [4.78, 5) is 30.0. The molecule has 0 spiro atoms. The predicted octanol–water partition coefficient (Wildman–Crippen LogP) is 5.47. The molecule has 1 atom stereocenters. The van der Waals surface area contributed by atoms with Gasteiger partial charge in [0.1, 0.15) is 12.4 Å². The summed E-state index contributed by atoms with van der Waals surface area (Å²) in [6.45, 7) is 2.35. The van der Waals surface area contributed by atoms with Crippen LogP contribution < -0.4 is 15.4 Å². The van der Waals surface area contributed by atoms with E-state index in [1.807, 2.05) is 54.8 Å². The molecule has 0 aliphatic carbocycles. The maximum Gasteiger partial charge on any atom is 0.265 e. The molecule has 6 nitrogen and oxygen atoms in total. The van der Waals surface area contributed by atoms with Crippen LogP contribution in [0.3, 0.4) is 0 Å². The molecule has 0 aliphatic rings. The van der Waals surface area contributed by atoms with Crippen LogP contribution in [0.4, 0.5) is 5.69 Å². The monoisotopic (exact) mass is 457 g/mol. The van der Waals surface area contributed by atoms with Crippen molar-refractivity contribution >= 4 is 28.8 Å². The van der Waals surface area contributed by atoms with Crippen LogP contribution in [0.25, 0.3) is 0 Å². The number of amides is 2. The van der Waals surface area contributed by atoms with Gasteiger partial charge in [-0.1, -0.05) is 36.4 Å². The molecule has 166 valence electrons. The molecule has 0 radical (unpaired) electrons. The number of nitrogens with one attached hydrogen (secondary N) is 2. The number of hydrogen-bond acceptors (Lipinski definition) is 5. The third kappa shape index (κ3) is 5.84. The Hall–Kier alpha value is -3.97. The Morgan fingerprint density at radius 2 is 1.79 bits per heavy atom. The highest BCUT2D eigenvalue weighted by atomic mass is 32.1. The number of carbonyl (C=O) groups is 2. The maximum absolute atomic E-state index is 13.0. The first-order chi connectivity index (χ1) is 16.1. The third-order valence-corrected chi connectivity index (χ3v) is 5.89. The number of pyridine rings is 1. The van der Waals surface area contributed by atoms with Crippen molar-refractivity contribution in [3.05, 3.63) is 112 Å². The fraction of sp³-hybridized carbons (Fsp3) is 0.115. The summed E-state index contributed by atoms with van der Waals surface area (Å²) in [5.41, 5.74) is 2.81. The number of para-hydroxylation sites is 1. The fourth-order valence-electron chi connectivity index (χ4n) is 3.24. The Morgan fingerprint density at radius 3 is 2.52 bits per heavy atom. The van der Waals surface area contributed by atoms with Crippen LogP contribution >= 0.6 is 11.3 Å². The van der Waals surface area contributed by atoms with Crippen molar-refractivity contribution in [3.8, 4) is 5.75 Å². The van der Waals surface area contributed by atoms with Gasteiger partial charge in [-0.25, -0.2) is 0 Å². The lowest BCUT2D eigenvalue weighted by atomic mass is 10.1. The number of ether oxygens (including phenoxy) is 1. The topological polar surface area (TPSA) is 80.3 Å². The van der Waals surface area contributed by atoms with E-state index in [-0.39, 0.29) is 17.9 Å². The first-order valence-electron chi connectivity index (χ1n) is 10.5. The number of carbonyl (C=O) groups excluding carboxylic acids is 2. The molecule has 4 rings (SSSR count). The first kappa shape index (κ1) is 22.2. The van der Waals surface area contributed by atoms with E-state index in [0.717, 1.165) is 16.9 Å². The van der Waals surface area contributed by atoms with E-state index in [1.165, 1.54) is 11.3 Å². The minimum absolute atomic E-state index is 0.231. The van der Waals surface area contributed by atoms with Crippen LogP contribution in [0.2, 0.25) is 0 Å². The normalized spacial score (nSPS) is 11.4. The summed E-state index contributed by atoms with van der Waals surface area (Å²) >= 11 is 1.35. The number of aromatic nitrogens is 1. The van der Waals surface area contributed by atoms with E-state index >= 15 is 0 Å². The van der Waals surface area contributed by atoms with Crippen molar-refractivity contribution in [2.75, 3.05) is 5.32 Å². The van der Waals surface area contributed by atoms with Gasteiger partial charge in [0.05, 0.1) is 22.2 Å². The van der Waals surface area contributed by atoms with Crippen molar-refractivity contribution in [1.29, 1.82) is 0 Å². The molecule has 0 fully saturated rings. The first-order valence-corrected chi connectivity index (χ1v) is 11.3. The van der Waals surface area contributed by atoms with E-state index < -0.39 is 0 Å². The molecule has 33 heavy (non-hydrogen) atoms. The summed E-state index contributed by atoms with van der Waals surface area (Å²) in [7, 11) is 0. The maximum atomic E-state index is 13.0. The lowest BCUT2D eigenvalue weighted by Crippen LogP contribution is -2.28. The highest BCUT2D eigenvalue weighted by Crippen LogP contribution is 2.22. The molecular formula is C26H23N3O3S. The molecule has 4 aromatic rings. The van der Waals surface area contributed by atoms with E-state index in [2.05, 4.69) is 15.6 Å². The van der Waals surface area contributed by atoms with Crippen molar-refractivity contribution < 1.29 is 14.3 Å². The van der Waals surface area contributed by atoms with Gasteiger partial charge in [0, 0.05) is 18.0 Å². The van der Waals surface area contributed by atoms with Crippen molar-refractivity contribution in [3.63, 3.8) is 0 Å². The number of nitrogens with zero attached hydrogens (tertiary/aromatic N) is 1. The molecule has 0 aliphatic heterocycles. The van der Waals surface area contributed by atoms with E-state index in [0.29, 0.717) is 22.7 Å². The second-order valence-corrected chi connectivity index (χ2v) is 8.34. The van der Waals surface area contributed by atoms with Crippen molar-refractivity contribution in [2.45, 2.75) is 19.6 Å². The van der Waals surface area contributed by atoms with Crippen LogP contribution in [-0.2, 0) is 6.61 Å². The molecule has 2 amide bonds. The summed E-state index contributed by atoms with van der Waals surface area (Å²) < 4.78 is 5.79. The molecule has 2 heterocycles. The lowest BCUT2D eigenvalue weighted by Gasteiger charge is -2.17. The van der Waals surface area contributed by atoms with Gasteiger partial charge in [-0.2, -0.15) is 0 Å². The SMILES string of the molecule is CC(NC(=O)c1ccccc1NC(=O)c1cccs1)c1ccc(OCc2cccnc2)cc1. The van der Waals surface area contributed by atoms with Gasteiger partial charge in [-0.05, 0) is 54.3 Å². The Morgan fingerprint density at radius 1 is 0.970 bits per heavy atom. The second kappa shape index (κ2) is 10.6. The number of benzene rings is 2. The number of rotatable bonds is 8. The van der Waals surface area contributed by atoms with Crippen LogP contribution in [-0.4, -0.2) is 16.8 Å². The van der Waals surface area contributed by atoms with Gasteiger partial charge >= 0.3 is 0 Å². The average molecular weight is 458 g/mol. The largest absolute Gasteiger partial charge is 0.489 e. The van der Waals surface area contributed by atoms with Gasteiger partial charge < -0.3 is 15.4 Å². The Bertz CT molecular complexity index is 1210. The van der Waals surface area contributed by atoms with Crippen LogP contribution in [0.15, 0.2) is 90.6 Å². The van der Waals surface area contributed by atoms with Crippen molar-refractivity contribution in [2.24, 2.45) is 0 Å². The summed E-state index contributed by atoms with van der Waals surface area (Å²) in [5, 5.41) is 7.67. The van der Waals surface area contributed by atoms with Gasteiger partial charge in [-0.15, -0.1) is 11.3 Å². The minimum atomic E-state index is -0.263. The Balaban J connectivity index is 1.38. The highest BCUT2D eigenvalue weighted by Gasteiger charge is 2.17. The van der Waals surface area contributed by atoms with Gasteiger partial charge in [0.2, 0.25) is 0 Å². The molecule has 2 aromatic heterocycles. The molecule has 7 heteroatoms. The zero-order valence-electron chi connectivity index (χ0n) is 18.0. The summed E-state index contributed by atoms with van der Waals surface area (Å²) in [5.74, 6) is 0.240. The Labute approximate surface area is 196 Å².